The first-order chi connectivity index (χ1) is 9.00. The smallest absolute Gasteiger partial charge is 0.310 e. The van der Waals surface area contributed by atoms with Crippen LogP contribution >= 0.6 is 0 Å². The van der Waals surface area contributed by atoms with E-state index >= 15 is 0 Å². The molecule has 2 bridgehead atoms. The Morgan fingerprint density at radius 1 is 1.16 bits per heavy atom. The fourth-order valence-corrected chi connectivity index (χ4v) is 4.02. The van der Waals surface area contributed by atoms with Gasteiger partial charge in [0.25, 0.3) is 0 Å². The summed E-state index contributed by atoms with van der Waals surface area (Å²) in [5.74, 6) is -2.17. The van der Waals surface area contributed by atoms with E-state index in [2.05, 4.69) is 0 Å². The van der Waals surface area contributed by atoms with Crippen LogP contribution in [0, 0.1) is 23.7 Å². The van der Waals surface area contributed by atoms with Crippen molar-refractivity contribution < 1.29 is 19.4 Å². The summed E-state index contributed by atoms with van der Waals surface area (Å²) in [6.07, 6.45) is 8.69. The van der Waals surface area contributed by atoms with E-state index in [1.807, 2.05) is 19.1 Å². The van der Waals surface area contributed by atoms with Crippen LogP contribution in [-0.2, 0) is 14.3 Å². The lowest BCUT2D eigenvalue weighted by Gasteiger charge is -2.29. The van der Waals surface area contributed by atoms with E-state index < -0.39 is 17.8 Å². The SMILES string of the molecule is CC1(OC(=O)C2C3C=CC(C3)C2C(=O)O)CCCC1. The van der Waals surface area contributed by atoms with Gasteiger partial charge in [-0.3, -0.25) is 9.59 Å². The molecule has 0 aromatic carbocycles. The average Bonchev–Trinajstić information content (AvgIpc) is 3.02. The molecule has 4 nitrogen and oxygen atoms in total. The first kappa shape index (κ1) is 12.7. The Hall–Kier alpha value is -1.32. The molecule has 0 aromatic heterocycles. The summed E-state index contributed by atoms with van der Waals surface area (Å²) in [6.45, 7) is 1.97. The molecule has 19 heavy (non-hydrogen) atoms. The monoisotopic (exact) mass is 264 g/mol. The molecular weight excluding hydrogens is 244 g/mol. The van der Waals surface area contributed by atoms with Gasteiger partial charge in [-0.05, 0) is 50.9 Å². The Balaban J connectivity index is 1.75. The molecule has 4 unspecified atom stereocenters. The number of aliphatic carboxylic acids is 1. The van der Waals surface area contributed by atoms with Crippen LogP contribution in [0.1, 0.15) is 39.0 Å². The van der Waals surface area contributed by atoms with Gasteiger partial charge in [0, 0.05) is 0 Å². The molecule has 0 aliphatic heterocycles. The molecule has 3 aliphatic rings. The Kier molecular flexibility index (Phi) is 2.91. The molecule has 104 valence electrons. The standard InChI is InChI=1S/C15H20O4/c1-15(6-2-3-7-15)19-14(18)12-10-5-4-9(8-10)11(12)13(16)17/h4-5,9-12H,2-3,6-8H2,1H3,(H,16,17). The molecule has 1 N–H and O–H groups in total. The number of allylic oxidation sites excluding steroid dienone is 2. The Morgan fingerprint density at radius 3 is 2.32 bits per heavy atom. The number of carbonyl (C=O) groups excluding carboxylic acids is 1. The van der Waals surface area contributed by atoms with Gasteiger partial charge in [0.1, 0.15) is 5.60 Å². The van der Waals surface area contributed by atoms with Crippen molar-refractivity contribution >= 4 is 11.9 Å². The minimum atomic E-state index is -0.865. The Morgan fingerprint density at radius 2 is 1.74 bits per heavy atom. The fraction of sp³-hybridized carbons (Fsp3) is 0.733. The second kappa shape index (κ2) is 4.36. The van der Waals surface area contributed by atoms with Gasteiger partial charge in [0.2, 0.25) is 0 Å². The second-order valence-corrected chi connectivity index (χ2v) is 6.42. The van der Waals surface area contributed by atoms with Gasteiger partial charge < -0.3 is 9.84 Å². The maximum Gasteiger partial charge on any atom is 0.310 e. The van der Waals surface area contributed by atoms with Gasteiger partial charge in [0.05, 0.1) is 11.8 Å². The van der Waals surface area contributed by atoms with Crippen molar-refractivity contribution in [3.63, 3.8) is 0 Å². The predicted octanol–water partition coefficient (Wildman–Crippen LogP) is 2.39. The van der Waals surface area contributed by atoms with Gasteiger partial charge in [0.15, 0.2) is 0 Å². The minimum Gasteiger partial charge on any atom is -0.481 e. The van der Waals surface area contributed by atoms with Crippen molar-refractivity contribution in [3.05, 3.63) is 12.2 Å². The molecule has 3 rings (SSSR count). The molecule has 0 amide bonds. The third-order valence-corrected chi connectivity index (χ3v) is 5.02. The number of ether oxygens (including phenoxy) is 1. The summed E-state index contributed by atoms with van der Waals surface area (Å²) >= 11 is 0. The summed E-state index contributed by atoms with van der Waals surface area (Å²) in [5, 5.41) is 9.34. The summed E-state index contributed by atoms with van der Waals surface area (Å²) in [7, 11) is 0. The van der Waals surface area contributed by atoms with Gasteiger partial charge in [-0.2, -0.15) is 0 Å². The maximum atomic E-state index is 12.4. The van der Waals surface area contributed by atoms with E-state index in [1.54, 1.807) is 0 Å². The number of carbonyl (C=O) groups is 2. The molecule has 3 aliphatic carbocycles. The quantitative estimate of drug-likeness (QED) is 0.628. The summed E-state index contributed by atoms with van der Waals surface area (Å²) in [5.41, 5.74) is -0.369. The summed E-state index contributed by atoms with van der Waals surface area (Å²) in [6, 6.07) is 0. The maximum absolute atomic E-state index is 12.4. The van der Waals surface area contributed by atoms with E-state index in [4.69, 9.17) is 4.74 Å². The van der Waals surface area contributed by atoms with Crippen LogP contribution in [-0.4, -0.2) is 22.6 Å². The highest BCUT2D eigenvalue weighted by Crippen LogP contribution is 2.49. The summed E-state index contributed by atoms with van der Waals surface area (Å²) in [4.78, 5) is 23.8. The van der Waals surface area contributed by atoms with E-state index in [1.165, 1.54) is 0 Å². The lowest BCUT2D eigenvalue weighted by Crippen LogP contribution is -2.38. The average molecular weight is 264 g/mol. The van der Waals surface area contributed by atoms with Crippen molar-refractivity contribution in [3.8, 4) is 0 Å². The van der Waals surface area contributed by atoms with Crippen molar-refractivity contribution in [2.75, 3.05) is 0 Å². The third kappa shape index (κ3) is 2.07. The van der Waals surface area contributed by atoms with E-state index in [0.717, 1.165) is 32.1 Å². The molecule has 4 heteroatoms. The van der Waals surface area contributed by atoms with E-state index in [9.17, 15) is 14.7 Å². The van der Waals surface area contributed by atoms with Crippen molar-refractivity contribution in [2.45, 2.75) is 44.6 Å². The van der Waals surface area contributed by atoms with Crippen molar-refractivity contribution in [1.29, 1.82) is 0 Å². The lowest BCUT2D eigenvalue weighted by molar-refractivity contribution is -0.169. The number of esters is 1. The van der Waals surface area contributed by atoms with Crippen LogP contribution in [0.3, 0.4) is 0 Å². The highest BCUT2D eigenvalue weighted by molar-refractivity contribution is 5.83. The topological polar surface area (TPSA) is 63.6 Å². The van der Waals surface area contributed by atoms with Gasteiger partial charge >= 0.3 is 11.9 Å². The highest BCUT2D eigenvalue weighted by atomic mass is 16.6. The lowest BCUT2D eigenvalue weighted by atomic mass is 9.83. The minimum absolute atomic E-state index is 0.0106. The van der Waals surface area contributed by atoms with Crippen molar-refractivity contribution in [2.24, 2.45) is 23.7 Å². The molecular formula is C15H20O4. The van der Waals surface area contributed by atoms with Crippen molar-refractivity contribution in [1.82, 2.24) is 0 Å². The van der Waals surface area contributed by atoms with E-state index in [-0.39, 0.29) is 23.4 Å². The number of rotatable bonds is 3. The Labute approximate surface area is 112 Å². The molecule has 0 heterocycles. The zero-order valence-corrected chi connectivity index (χ0v) is 11.2. The molecule has 4 atom stereocenters. The first-order valence-corrected chi connectivity index (χ1v) is 7.14. The van der Waals surface area contributed by atoms with Crippen LogP contribution in [0.4, 0.5) is 0 Å². The zero-order chi connectivity index (χ0) is 13.6. The van der Waals surface area contributed by atoms with Crippen LogP contribution in [0.2, 0.25) is 0 Å². The molecule has 2 fully saturated rings. The first-order valence-electron chi connectivity index (χ1n) is 7.14. The number of carboxylic acid groups (broad SMARTS) is 1. The van der Waals surface area contributed by atoms with E-state index in [0.29, 0.717) is 0 Å². The molecule has 0 spiro atoms. The number of hydrogen-bond acceptors (Lipinski definition) is 3. The summed E-state index contributed by atoms with van der Waals surface area (Å²) < 4.78 is 5.68. The second-order valence-electron chi connectivity index (χ2n) is 6.42. The van der Waals surface area contributed by atoms with Gasteiger partial charge in [-0.15, -0.1) is 0 Å². The number of carboxylic acids is 1. The normalized spacial score (nSPS) is 38.6. The molecule has 0 aromatic rings. The van der Waals surface area contributed by atoms with Crippen LogP contribution < -0.4 is 0 Å². The van der Waals surface area contributed by atoms with Crippen LogP contribution in [0.15, 0.2) is 12.2 Å². The molecule has 0 saturated heterocycles. The highest BCUT2D eigenvalue weighted by Gasteiger charge is 2.53. The number of hydrogen-bond donors (Lipinski definition) is 1. The largest absolute Gasteiger partial charge is 0.481 e. The van der Waals surface area contributed by atoms with Crippen LogP contribution in [0.25, 0.3) is 0 Å². The fourth-order valence-electron chi connectivity index (χ4n) is 4.02. The molecule has 0 radical (unpaired) electrons. The Bertz CT molecular complexity index is 433. The number of fused-ring (bicyclic) bond motifs is 2. The van der Waals surface area contributed by atoms with Crippen LogP contribution in [0.5, 0.6) is 0 Å². The predicted molar refractivity (Wildman–Crippen MR) is 68.3 cm³/mol. The molecule has 2 saturated carbocycles. The van der Waals surface area contributed by atoms with Gasteiger partial charge in [-0.1, -0.05) is 12.2 Å². The van der Waals surface area contributed by atoms with Gasteiger partial charge in [-0.25, -0.2) is 0 Å². The third-order valence-electron chi connectivity index (χ3n) is 5.02. The zero-order valence-electron chi connectivity index (χ0n) is 11.2.